The second-order valence-corrected chi connectivity index (χ2v) is 5.11. The summed E-state index contributed by atoms with van der Waals surface area (Å²) >= 11 is 0. The summed E-state index contributed by atoms with van der Waals surface area (Å²) in [6.07, 6.45) is 2.95. The summed E-state index contributed by atoms with van der Waals surface area (Å²) in [5, 5.41) is 12.0. The molecule has 1 aliphatic heterocycles. The van der Waals surface area contributed by atoms with Crippen molar-refractivity contribution in [2.75, 3.05) is 13.6 Å². The number of nitriles is 1. The Morgan fingerprint density at radius 2 is 2.35 bits per heavy atom. The first-order chi connectivity index (χ1) is 9.61. The molecule has 1 amide bonds. The molecular formula is C15H18FN3O. The Balaban J connectivity index is 2.05. The summed E-state index contributed by atoms with van der Waals surface area (Å²) in [5.74, 6) is -0.410. The molecule has 1 atom stereocenters. The molecule has 2 rings (SSSR count). The zero-order valence-electron chi connectivity index (χ0n) is 11.5. The summed E-state index contributed by atoms with van der Waals surface area (Å²) in [6.45, 7) is 1.03. The molecule has 1 aromatic carbocycles. The average molecular weight is 275 g/mol. The van der Waals surface area contributed by atoms with Crippen molar-refractivity contribution in [1.29, 1.82) is 5.26 Å². The first-order valence-corrected chi connectivity index (χ1v) is 6.78. The SMILES string of the molecule is CN(Cc1cc(C#N)ccc1F)C(=O)[C@H]1CCCCN1. The van der Waals surface area contributed by atoms with Crippen LogP contribution < -0.4 is 5.32 Å². The molecular weight excluding hydrogens is 257 g/mol. The minimum atomic E-state index is -0.389. The summed E-state index contributed by atoms with van der Waals surface area (Å²) in [4.78, 5) is 13.8. The first-order valence-electron chi connectivity index (χ1n) is 6.78. The van der Waals surface area contributed by atoms with Crippen LogP contribution in [0.25, 0.3) is 0 Å². The average Bonchev–Trinajstić information content (AvgIpc) is 2.49. The minimum absolute atomic E-state index is 0.0218. The van der Waals surface area contributed by atoms with E-state index in [1.54, 1.807) is 7.05 Å². The van der Waals surface area contributed by atoms with Gasteiger partial charge in [0.15, 0.2) is 0 Å². The lowest BCUT2D eigenvalue weighted by Gasteiger charge is -2.27. The van der Waals surface area contributed by atoms with Crippen molar-refractivity contribution < 1.29 is 9.18 Å². The molecule has 0 aromatic heterocycles. The van der Waals surface area contributed by atoms with Crippen molar-refractivity contribution in [3.63, 3.8) is 0 Å². The topological polar surface area (TPSA) is 56.1 Å². The number of hydrogen-bond acceptors (Lipinski definition) is 3. The van der Waals surface area contributed by atoms with Crippen molar-refractivity contribution in [3.8, 4) is 6.07 Å². The van der Waals surface area contributed by atoms with Crippen LogP contribution in [0.5, 0.6) is 0 Å². The first kappa shape index (κ1) is 14.5. The molecule has 1 aliphatic rings. The summed E-state index contributed by atoms with van der Waals surface area (Å²) in [5.41, 5.74) is 0.772. The van der Waals surface area contributed by atoms with Crippen LogP contribution in [0.4, 0.5) is 4.39 Å². The van der Waals surface area contributed by atoms with E-state index in [2.05, 4.69) is 5.32 Å². The number of rotatable bonds is 3. The van der Waals surface area contributed by atoms with Gasteiger partial charge < -0.3 is 10.2 Å². The number of piperidine rings is 1. The molecule has 0 aliphatic carbocycles. The Hall–Kier alpha value is -1.93. The van der Waals surface area contributed by atoms with E-state index in [1.807, 2.05) is 6.07 Å². The number of hydrogen-bond donors (Lipinski definition) is 1. The van der Waals surface area contributed by atoms with Gasteiger partial charge in [0.05, 0.1) is 17.7 Å². The molecule has 0 unspecified atom stereocenters. The van der Waals surface area contributed by atoms with Crippen LogP contribution in [0, 0.1) is 17.1 Å². The van der Waals surface area contributed by atoms with Gasteiger partial charge in [0.25, 0.3) is 0 Å². The number of halogens is 1. The maximum atomic E-state index is 13.7. The number of benzene rings is 1. The smallest absolute Gasteiger partial charge is 0.239 e. The molecule has 5 heteroatoms. The third kappa shape index (κ3) is 3.34. The predicted octanol–water partition coefficient (Wildman–Crippen LogP) is 1.80. The fourth-order valence-corrected chi connectivity index (χ4v) is 2.43. The van der Waals surface area contributed by atoms with E-state index >= 15 is 0 Å². The molecule has 0 spiro atoms. The quantitative estimate of drug-likeness (QED) is 0.915. The number of carbonyl (C=O) groups excluding carboxylic acids is 1. The Morgan fingerprint density at radius 3 is 3.00 bits per heavy atom. The van der Waals surface area contributed by atoms with E-state index in [9.17, 15) is 9.18 Å². The number of carbonyl (C=O) groups is 1. The molecule has 1 aromatic rings. The van der Waals surface area contributed by atoms with Crippen molar-refractivity contribution in [1.82, 2.24) is 10.2 Å². The van der Waals surface area contributed by atoms with E-state index in [0.717, 1.165) is 25.8 Å². The molecule has 4 nitrogen and oxygen atoms in total. The number of likely N-dealkylation sites (N-methyl/N-ethyl adjacent to an activating group) is 1. The van der Waals surface area contributed by atoms with Crippen LogP contribution in [-0.2, 0) is 11.3 Å². The highest BCUT2D eigenvalue weighted by Gasteiger charge is 2.24. The van der Waals surface area contributed by atoms with Crippen molar-refractivity contribution in [2.45, 2.75) is 31.8 Å². The van der Waals surface area contributed by atoms with Crippen LogP contribution in [0.2, 0.25) is 0 Å². The highest BCUT2D eigenvalue weighted by molar-refractivity contribution is 5.81. The van der Waals surface area contributed by atoms with Crippen molar-refractivity contribution in [3.05, 3.63) is 35.1 Å². The largest absolute Gasteiger partial charge is 0.340 e. The van der Waals surface area contributed by atoms with E-state index in [-0.39, 0.29) is 24.3 Å². The molecule has 0 saturated carbocycles. The van der Waals surface area contributed by atoms with E-state index < -0.39 is 0 Å². The molecule has 20 heavy (non-hydrogen) atoms. The highest BCUT2D eigenvalue weighted by atomic mass is 19.1. The highest BCUT2D eigenvalue weighted by Crippen LogP contribution is 2.15. The van der Waals surface area contributed by atoms with Crippen molar-refractivity contribution in [2.24, 2.45) is 0 Å². The van der Waals surface area contributed by atoms with Gasteiger partial charge in [-0.2, -0.15) is 5.26 Å². The fraction of sp³-hybridized carbons (Fsp3) is 0.467. The molecule has 1 heterocycles. The number of nitrogens with zero attached hydrogens (tertiary/aromatic N) is 2. The van der Waals surface area contributed by atoms with Crippen LogP contribution in [0.1, 0.15) is 30.4 Å². The monoisotopic (exact) mass is 275 g/mol. The van der Waals surface area contributed by atoms with E-state index in [0.29, 0.717) is 11.1 Å². The lowest BCUT2D eigenvalue weighted by atomic mass is 10.0. The number of nitrogens with one attached hydrogen (secondary N) is 1. The third-order valence-corrected chi connectivity index (χ3v) is 3.57. The lowest BCUT2D eigenvalue weighted by molar-refractivity contribution is -0.133. The molecule has 106 valence electrons. The molecule has 1 N–H and O–H groups in total. The van der Waals surface area contributed by atoms with Gasteiger partial charge >= 0.3 is 0 Å². The standard InChI is InChI=1S/C15H18FN3O/c1-19(15(20)14-4-2-3-7-18-14)10-12-8-11(9-17)5-6-13(12)16/h5-6,8,14,18H,2-4,7,10H2,1H3/t14-/m1/s1. The second kappa shape index (κ2) is 6.49. The number of amides is 1. The predicted molar refractivity (Wildman–Crippen MR) is 73.2 cm³/mol. The van der Waals surface area contributed by atoms with Gasteiger partial charge in [-0.15, -0.1) is 0 Å². The van der Waals surface area contributed by atoms with Crippen LogP contribution >= 0.6 is 0 Å². The van der Waals surface area contributed by atoms with Crippen LogP contribution in [-0.4, -0.2) is 30.4 Å². The summed E-state index contributed by atoms with van der Waals surface area (Å²) in [7, 11) is 1.66. The molecule has 0 bridgehead atoms. The normalized spacial score (nSPS) is 18.4. The van der Waals surface area contributed by atoms with Gasteiger partial charge in [-0.1, -0.05) is 6.42 Å². The van der Waals surface area contributed by atoms with Crippen LogP contribution in [0.15, 0.2) is 18.2 Å². The van der Waals surface area contributed by atoms with E-state index in [4.69, 9.17) is 5.26 Å². The fourth-order valence-electron chi connectivity index (χ4n) is 2.43. The molecule has 1 saturated heterocycles. The minimum Gasteiger partial charge on any atom is -0.340 e. The van der Waals surface area contributed by atoms with Crippen LogP contribution in [0.3, 0.4) is 0 Å². The van der Waals surface area contributed by atoms with E-state index in [1.165, 1.54) is 23.1 Å². The van der Waals surface area contributed by atoms with Gasteiger partial charge in [-0.25, -0.2) is 4.39 Å². The third-order valence-electron chi connectivity index (χ3n) is 3.57. The van der Waals surface area contributed by atoms with Gasteiger partial charge in [-0.3, -0.25) is 4.79 Å². The summed E-state index contributed by atoms with van der Waals surface area (Å²) < 4.78 is 13.7. The van der Waals surface area contributed by atoms with Gasteiger partial charge in [-0.05, 0) is 37.6 Å². The lowest BCUT2D eigenvalue weighted by Crippen LogP contribution is -2.47. The second-order valence-electron chi connectivity index (χ2n) is 5.11. The van der Waals surface area contributed by atoms with Gasteiger partial charge in [0, 0.05) is 19.2 Å². The van der Waals surface area contributed by atoms with Crippen molar-refractivity contribution >= 4 is 5.91 Å². The zero-order chi connectivity index (χ0) is 14.5. The Kier molecular flexibility index (Phi) is 4.70. The molecule has 0 radical (unpaired) electrons. The Morgan fingerprint density at radius 1 is 1.55 bits per heavy atom. The van der Waals surface area contributed by atoms with Gasteiger partial charge in [0.1, 0.15) is 5.82 Å². The maximum Gasteiger partial charge on any atom is 0.239 e. The Bertz CT molecular complexity index is 532. The van der Waals surface area contributed by atoms with Gasteiger partial charge in [0.2, 0.25) is 5.91 Å². The summed E-state index contributed by atoms with van der Waals surface area (Å²) in [6, 6.07) is 6.00. The molecule has 1 fully saturated rings. The Labute approximate surface area is 118 Å². The zero-order valence-corrected chi connectivity index (χ0v) is 11.5. The maximum absolute atomic E-state index is 13.7.